The van der Waals surface area contributed by atoms with Crippen molar-refractivity contribution in [2.75, 3.05) is 0 Å². The standard InChI is InChI=1S/C21H26O3/c22-19-17-4-2-1-3-16(17)5-6-18(19)20(23)24-21-10-13-7-14(11-21)9-15(8-13)12-21/h2,4,13-15,18H,1,3,5-12H2. The van der Waals surface area contributed by atoms with Gasteiger partial charge < -0.3 is 4.74 Å². The molecular weight excluding hydrogens is 300 g/mol. The Morgan fingerprint density at radius 2 is 1.71 bits per heavy atom. The van der Waals surface area contributed by atoms with Gasteiger partial charge in [-0.2, -0.15) is 0 Å². The number of allylic oxidation sites excluding steroid dienone is 4. The summed E-state index contributed by atoms with van der Waals surface area (Å²) in [7, 11) is 0. The molecule has 4 fully saturated rings. The van der Waals surface area contributed by atoms with Crippen LogP contribution < -0.4 is 0 Å². The van der Waals surface area contributed by atoms with Crippen LogP contribution in [-0.2, 0) is 14.3 Å². The number of esters is 1. The molecule has 0 aliphatic heterocycles. The fraction of sp³-hybridized carbons (Fsp3) is 0.714. The zero-order valence-electron chi connectivity index (χ0n) is 14.3. The van der Waals surface area contributed by atoms with Gasteiger partial charge in [-0.25, -0.2) is 0 Å². The number of hydrogen-bond acceptors (Lipinski definition) is 3. The molecular formula is C21H26O3. The first-order chi connectivity index (χ1) is 11.6. The molecule has 0 aromatic rings. The Morgan fingerprint density at radius 3 is 2.38 bits per heavy atom. The molecule has 4 bridgehead atoms. The maximum absolute atomic E-state index is 12.9. The third kappa shape index (κ3) is 2.31. The fourth-order valence-corrected chi connectivity index (χ4v) is 6.53. The van der Waals surface area contributed by atoms with E-state index in [0.717, 1.165) is 61.9 Å². The summed E-state index contributed by atoms with van der Waals surface area (Å²) in [5, 5.41) is 0. The normalized spacial score (nSPS) is 43.1. The lowest BCUT2D eigenvalue weighted by atomic mass is 9.54. The van der Waals surface area contributed by atoms with Gasteiger partial charge in [-0.3, -0.25) is 9.59 Å². The largest absolute Gasteiger partial charge is 0.458 e. The van der Waals surface area contributed by atoms with E-state index in [4.69, 9.17) is 4.74 Å². The second kappa shape index (κ2) is 5.31. The van der Waals surface area contributed by atoms with Crippen molar-refractivity contribution >= 4 is 11.8 Å². The molecule has 0 amide bonds. The molecule has 0 aromatic carbocycles. The van der Waals surface area contributed by atoms with Crippen LogP contribution in [0.5, 0.6) is 0 Å². The highest BCUT2D eigenvalue weighted by atomic mass is 16.6. The van der Waals surface area contributed by atoms with Crippen molar-refractivity contribution in [2.45, 2.75) is 69.8 Å². The number of carbonyl (C=O) groups is 2. The Kier molecular flexibility index (Phi) is 3.30. The third-order valence-electron chi connectivity index (χ3n) is 7.18. The van der Waals surface area contributed by atoms with Crippen LogP contribution in [0.3, 0.4) is 0 Å². The number of rotatable bonds is 2. The number of hydrogen-bond donors (Lipinski definition) is 0. The number of ketones is 1. The number of ether oxygens (including phenoxy) is 1. The fourth-order valence-electron chi connectivity index (χ4n) is 6.53. The molecule has 3 heteroatoms. The van der Waals surface area contributed by atoms with Gasteiger partial charge in [0.15, 0.2) is 5.78 Å². The molecule has 6 rings (SSSR count). The topological polar surface area (TPSA) is 43.4 Å². The summed E-state index contributed by atoms with van der Waals surface area (Å²) in [5.74, 6) is 1.49. The quantitative estimate of drug-likeness (QED) is 0.566. The van der Waals surface area contributed by atoms with E-state index in [-0.39, 0.29) is 17.4 Å². The molecule has 128 valence electrons. The van der Waals surface area contributed by atoms with Crippen LogP contribution in [0.15, 0.2) is 23.3 Å². The van der Waals surface area contributed by atoms with Crippen molar-refractivity contribution in [3.8, 4) is 0 Å². The van der Waals surface area contributed by atoms with Crippen LogP contribution in [0.1, 0.15) is 64.2 Å². The van der Waals surface area contributed by atoms with E-state index in [1.54, 1.807) is 0 Å². The second-order valence-corrected chi connectivity index (χ2v) is 8.94. The van der Waals surface area contributed by atoms with Crippen LogP contribution in [0.4, 0.5) is 0 Å². The molecule has 0 spiro atoms. The minimum atomic E-state index is -0.556. The van der Waals surface area contributed by atoms with Crippen LogP contribution in [0.2, 0.25) is 0 Å². The van der Waals surface area contributed by atoms with Gasteiger partial charge in [-0.1, -0.05) is 17.7 Å². The summed E-state index contributed by atoms with van der Waals surface area (Å²) in [6.07, 6.45) is 14.7. The van der Waals surface area contributed by atoms with E-state index in [0.29, 0.717) is 6.42 Å². The highest BCUT2D eigenvalue weighted by molar-refractivity contribution is 6.11. The Balaban J connectivity index is 1.34. The summed E-state index contributed by atoms with van der Waals surface area (Å²) in [6.45, 7) is 0. The molecule has 6 aliphatic rings. The predicted octanol–water partition coefficient (Wildman–Crippen LogP) is 4.12. The van der Waals surface area contributed by atoms with E-state index < -0.39 is 5.92 Å². The van der Waals surface area contributed by atoms with Crippen LogP contribution in [0, 0.1) is 23.7 Å². The molecule has 0 N–H and O–H groups in total. The zero-order chi connectivity index (χ0) is 16.3. The molecule has 24 heavy (non-hydrogen) atoms. The second-order valence-electron chi connectivity index (χ2n) is 8.94. The molecule has 1 atom stereocenters. The summed E-state index contributed by atoms with van der Waals surface area (Å²) in [5.41, 5.74) is 1.82. The van der Waals surface area contributed by atoms with Crippen molar-refractivity contribution in [3.05, 3.63) is 23.3 Å². The number of carbonyl (C=O) groups excluding carboxylic acids is 2. The molecule has 0 aromatic heterocycles. The average molecular weight is 326 g/mol. The van der Waals surface area contributed by atoms with Crippen molar-refractivity contribution in [1.82, 2.24) is 0 Å². The van der Waals surface area contributed by atoms with E-state index in [2.05, 4.69) is 6.08 Å². The average Bonchev–Trinajstić information content (AvgIpc) is 2.53. The minimum absolute atomic E-state index is 0.0157. The van der Waals surface area contributed by atoms with E-state index in [1.165, 1.54) is 24.8 Å². The SMILES string of the molecule is O=C(OC12CC3CC(CC(C3)C1)C2)C1CCC2=C(C=CCC2)C1=O. The van der Waals surface area contributed by atoms with E-state index in [1.807, 2.05) is 6.08 Å². The van der Waals surface area contributed by atoms with Crippen molar-refractivity contribution < 1.29 is 14.3 Å². The maximum atomic E-state index is 12.9. The lowest BCUT2D eigenvalue weighted by Crippen LogP contribution is -2.53. The summed E-state index contributed by atoms with van der Waals surface area (Å²) in [6, 6.07) is 0. The number of Topliss-reactive ketones (excluding diaryl/α,β-unsaturated/α-hetero) is 1. The third-order valence-corrected chi connectivity index (χ3v) is 7.18. The highest BCUT2D eigenvalue weighted by Crippen LogP contribution is 2.57. The Morgan fingerprint density at radius 1 is 1.04 bits per heavy atom. The lowest BCUT2D eigenvalue weighted by molar-refractivity contribution is -0.191. The van der Waals surface area contributed by atoms with Crippen molar-refractivity contribution in [2.24, 2.45) is 23.7 Å². The van der Waals surface area contributed by atoms with Crippen LogP contribution in [-0.4, -0.2) is 17.4 Å². The first-order valence-corrected chi connectivity index (χ1v) is 9.77. The van der Waals surface area contributed by atoms with Gasteiger partial charge >= 0.3 is 5.97 Å². The monoisotopic (exact) mass is 326 g/mol. The molecule has 0 heterocycles. The van der Waals surface area contributed by atoms with Gasteiger partial charge in [0.25, 0.3) is 0 Å². The summed E-state index contributed by atoms with van der Waals surface area (Å²) in [4.78, 5) is 25.7. The van der Waals surface area contributed by atoms with Gasteiger partial charge in [-0.05, 0) is 82.0 Å². The van der Waals surface area contributed by atoms with Gasteiger partial charge in [0, 0.05) is 5.57 Å². The van der Waals surface area contributed by atoms with E-state index in [9.17, 15) is 9.59 Å². The van der Waals surface area contributed by atoms with Crippen molar-refractivity contribution in [3.63, 3.8) is 0 Å². The first kappa shape index (κ1) is 14.9. The lowest BCUT2D eigenvalue weighted by Gasteiger charge is -2.55. The smallest absolute Gasteiger partial charge is 0.317 e. The maximum Gasteiger partial charge on any atom is 0.317 e. The molecule has 4 saturated carbocycles. The summed E-state index contributed by atoms with van der Waals surface area (Å²) >= 11 is 0. The molecule has 3 nitrogen and oxygen atoms in total. The molecule has 0 radical (unpaired) electrons. The van der Waals surface area contributed by atoms with Gasteiger partial charge in [0.05, 0.1) is 0 Å². The minimum Gasteiger partial charge on any atom is -0.458 e. The van der Waals surface area contributed by atoms with Gasteiger partial charge in [-0.15, -0.1) is 0 Å². The molecule has 6 aliphatic carbocycles. The molecule has 0 saturated heterocycles. The summed E-state index contributed by atoms with van der Waals surface area (Å²) < 4.78 is 6.13. The Labute approximate surface area is 143 Å². The predicted molar refractivity (Wildman–Crippen MR) is 90.1 cm³/mol. The molecule has 1 unspecified atom stereocenters. The highest BCUT2D eigenvalue weighted by Gasteiger charge is 2.54. The van der Waals surface area contributed by atoms with Crippen LogP contribution in [0.25, 0.3) is 0 Å². The van der Waals surface area contributed by atoms with E-state index >= 15 is 0 Å². The Bertz CT molecular complexity index is 619. The van der Waals surface area contributed by atoms with Crippen LogP contribution >= 0.6 is 0 Å². The van der Waals surface area contributed by atoms with Crippen molar-refractivity contribution in [1.29, 1.82) is 0 Å². The zero-order valence-corrected chi connectivity index (χ0v) is 14.3. The van der Waals surface area contributed by atoms with Gasteiger partial charge in [0.1, 0.15) is 11.5 Å². The Hall–Kier alpha value is -1.38. The van der Waals surface area contributed by atoms with Gasteiger partial charge in [0.2, 0.25) is 0 Å². The first-order valence-electron chi connectivity index (χ1n) is 9.77.